The molecule has 0 radical (unpaired) electrons. The van der Waals surface area contributed by atoms with Gasteiger partial charge in [0.2, 0.25) is 0 Å². The van der Waals surface area contributed by atoms with Crippen LogP contribution in [0.1, 0.15) is 34.1 Å². The lowest BCUT2D eigenvalue weighted by Gasteiger charge is -2.25. The quantitative estimate of drug-likeness (QED) is 0.594. The van der Waals surface area contributed by atoms with Crippen LogP contribution in [-0.2, 0) is 4.74 Å². The lowest BCUT2D eigenvalue weighted by molar-refractivity contribution is 0.0566. The van der Waals surface area contributed by atoms with Crippen molar-refractivity contribution in [3.05, 3.63) is 0 Å². The zero-order valence-corrected chi connectivity index (χ0v) is 11.0. The van der Waals surface area contributed by atoms with Gasteiger partial charge in [0.25, 0.3) is 0 Å². The smallest absolute Gasteiger partial charge is 0.0596 e. The van der Waals surface area contributed by atoms with Gasteiger partial charge in [0.05, 0.1) is 12.7 Å². The van der Waals surface area contributed by atoms with Crippen molar-refractivity contribution in [2.24, 2.45) is 0 Å². The molecule has 92 valence electrons. The highest BCUT2D eigenvalue weighted by atomic mass is 16.5. The van der Waals surface area contributed by atoms with Gasteiger partial charge in [-0.15, -0.1) is 0 Å². The molecule has 0 fully saturated rings. The van der Waals surface area contributed by atoms with Gasteiger partial charge >= 0.3 is 0 Å². The first-order valence-corrected chi connectivity index (χ1v) is 6.10. The third-order valence-electron chi connectivity index (χ3n) is 2.64. The first-order chi connectivity index (χ1) is 7.07. The Labute approximate surface area is 95.2 Å². The SMILES string of the molecule is CCNCCC(C)N(C)CCOC(C)C. The summed E-state index contributed by atoms with van der Waals surface area (Å²) >= 11 is 0. The largest absolute Gasteiger partial charge is 0.377 e. The van der Waals surface area contributed by atoms with E-state index < -0.39 is 0 Å². The van der Waals surface area contributed by atoms with Gasteiger partial charge in [-0.1, -0.05) is 6.92 Å². The fraction of sp³-hybridized carbons (Fsp3) is 1.00. The number of hydrogen-bond donors (Lipinski definition) is 1. The van der Waals surface area contributed by atoms with Gasteiger partial charge in [0.1, 0.15) is 0 Å². The van der Waals surface area contributed by atoms with Gasteiger partial charge in [-0.25, -0.2) is 0 Å². The van der Waals surface area contributed by atoms with Crippen molar-refractivity contribution in [1.82, 2.24) is 10.2 Å². The molecule has 0 aliphatic heterocycles. The van der Waals surface area contributed by atoms with Gasteiger partial charge in [0.15, 0.2) is 0 Å². The normalized spacial score (nSPS) is 13.8. The molecule has 0 aliphatic carbocycles. The molecule has 0 spiro atoms. The number of rotatable bonds is 9. The number of nitrogens with zero attached hydrogens (tertiary/aromatic N) is 1. The van der Waals surface area contributed by atoms with E-state index in [1.165, 1.54) is 6.42 Å². The molecule has 15 heavy (non-hydrogen) atoms. The summed E-state index contributed by atoms with van der Waals surface area (Å²) in [5.41, 5.74) is 0. The predicted molar refractivity (Wildman–Crippen MR) is 66.3 cm³/mol. The van der Waals surface area contributed by atoms with Crippen LogP contribution < -0.4 is 5.32 Å². The Morgan fingerprint density at radius 1 is 1.27 bits per heavy atom. The molecular formula is C12H28N2O. The molecule has 0 amide bonds. The molecule has 1 atom stereocenters. The van der Waals surface area contributed by atoms with E-state index in [1.54, 1.807) is 0 Å². The Morgan fingerprint density at radius 2 is 1.93 bits per heavy atom. The average Bonchev–Trinajstić information content (AvgIpc) is 2.17. The zero-order chi connectivity index (χ0) is 11.7. The summed E-state index contributed by atoms with van der Waals surface area (Å²) in [6, 6.07) is 0.625. The van der Waals surface area contributed by atoms with E-state index >= 15 is 0 Å². The van der Waals surface area contributed by atoms with Gasteiger partial charge in [0, 0.05) is 12.6 Å². The van der Waals surface area contributed by atoms with E-state index in [2.05, 4.69) is 45.0 Å². The molecule has 1 unspecified atom stereocenters. The third kappa shape index (κ3) is 8.85. The fourth-order valence-electron chi connectivity index (χ4n) is 1.36. The topological polar surface area (TPSA) is 24.5 Å². The molecule has 0 saturated carbocycles. The minimum absolute atomic E-state index is 0.343. The monoisotopic (exact) mass is 216 g/mol. The average molecular weight is 216 g/mol. The van der Waals surface area contributed by atoms with E-state index in [9.17, 15) is 0 Å². The molecule has 3 nitrogen and oxygen atoms in total. The summed E-state index contributed by atoms with van der Waals surface area (Å²) in [6.45, 7) is 12.6. The molecular weight excluding hydrogens is 188 g/mol. The standard InChI is InChI=1S/C12H28N2O/c1-6-13-8-7-12(4)14(5)9-10-15-11(2)3/h11-13H,6-10H2,1-5H3. The Bertz CT molecular complexity index is 140. The Balaban J connectivity index is 3.46. The number of likely N-dealkylation sites (N-methyl/N-ethyl adjacent to an activating group) is 1. The second-order valence-electron chi connectivity index (χ2n) is 4.39. The van der Waals surface area contributed by atoms with Crippen molar-refractivity contribution in [1.29, 1.82) is 0 Å². The van der Waals surface area contributed by atoms with Crippen molar-refractivity contribution in [3.8, 4) is 0 Å². The number of hydrogen-bond acceptors (Lipinski definition) is 3. The van der Waals surface area contributed by atoms with Crippen LogP contribution in [0.2, 0.25) is 0 Å². The predicted octanol–water partition coefficient (Wildman–Crippen LogP) is 1.73. The Kier molecular flexibility index (Phi) is 9.06. The second-order valence-corrected chi connectivity index (χ2v) is 4.39. The molecule has 0 aliphatic rings. The summed E-state index contributed by atoms with van der Waals surface area (Å²) in [6.07, 6.45) is 1.54. The molecule has 3 heteroatoms. The molecule has 1 N–H and O–H groups in total. The molecule has 0 aromatic carbocycles. The van der Waals surface area contributed by atoms with Gasteiger partial charge in [-0.3, -0.25) is 0 Å². The minimum atomic E-state index is 0.343. The van der Waals surface area contributed by atoms with E-state index in [1.807, 2.05) is 0 Å². The first kappa shape index (κ1) is 14.9. The Morgan fingerprint density at radius 3 is 2.47 bits per heavy atom. The van der Waals surface area contributed by atoms with Crippen LogP contribution in [-0.4, -0.2) is 50.3 Å². The van der Waals surface area contributed by atoms with Gasteiger partial charge in [-0.05, 0) is 47.3 Å². The molecule has 0 aromatic rings. The van der Waals surface area contributed by atoms with Crippen molar-refractivity contribution in [3.63, 3.8) is 0 Å². The maximum atomic E-state index is 5.53. The highest BCUT2D eigenvalue weighted by Gasteiger charge is 2.08. The van der Waals surface area contributed by atoms with E-state index in [4.69, 9.17) is 4.74 Å². The van der Waals surface area contributed by atoms with Crippen LogP contribution in [0.3, 0.4) is 0 Å². The van der Waals surface area contributed by atoms with Gasteiger partial charge < -0.3 is 15.0 Å². The van der Waals surface area contributed by atoms with Crippen LogP contribution in [0.15, 0.2) is 0 Å². The lowest BCUT2D eigenvalue weighted by atomic mass is 10.2. The van der Waals surface area contributed by atoms with Crippen LogP contribution >= 0.6 is 0 Å². The second kappa shape index (κ2) is 9.13. The number of ether oxygens (including phenoxy) is 1. The van der Waals surface area contributed by atoms with Crippen LogP contribution in [0.5, 0.6) is 0 Å². The lowest BCUT2D eigenvalue weighted by Crippen LogP contribution is -2.34. The maximum Gasteiger partial charge on any atom is 0.0596 e. The van der Waals surface area contributed by atoms with E-state index in [0.29, 0.717) is 12.1 Å². The third-order valence-corrected chi connectivity index (χ3v) is 2.64. The van der Waals surface area contributed by atoms with Crippen molar-refractivity contribution >= 4 is 0 Å². The fourth-order valence-corrected chi connectivity index (χ4v) is 1.36. The van der Waals surface area contributed by atoms with Crippen molar-refractivity contribution < 1.29 is 4.74 Å². The molecule has 0 heterocycles. The van der Waals surface area contributed by atoms with E-state index in [-0.39, 0.29) is 0 Å². The van der Waals surface area contributed by atoms with Crippen molar-refractivity contribution in [2.45, 2.75) is 46.3 Å². The summed E-state index contributed by atoms with van der Waals surface area (Å²) in [7, 11) is 2.17. The minimum Gasteiger partial charge on any atom is -0.377 e. The summed E-state index contributed by atoms with van der Waals surface area (Å²) < 4.78 is 5.53. The summed E-state index contributed by atoms with van der Waals surface area (Å²) in [5.74, 6) is 0. The Hall–Kier alpha value is -0.120. The summed E-state index contributed by atoms with van der Waals surface area (Å²) in [4.78, 5) is 2.36. The highest BCUT2D eigenvalue weighted by molar-refractivity contribution is 4.64. The van der Waals surface area contributed by atoms with Crippen molar-refractivity contribution in [2.75, 3.05) is 33.3 Å². The van der Waals surface area contributed by atoms with Crippen LogP contribution in [0, 0.1) is 0 Å². The molecule has 0 bridgehead atoms. The van der Waals surface area contributed by atoms with Crippen LogP contribution in [0.25, 0.3) is 0 Å². The molecule has 0 saturated heterocycles. The van der Waals surface area contributed by atoms with Crippen LogP contribution in [0.4, 0.5) is 0 Å². The maximum absolute atomic E-state index is 5.53. The summed E-state index contributed by atoms with van der Waals surface area (Å²) in [5, 5.41) is 3.35. The molecule has 0 aromatic heterocycles. The molecule has 0 rings (SSSR count). The first-order valence-electron chi connectivity index (χ1n) is 6.10. The zero-order valence-electron chi connectivity index (χ0n) is 11.0. The number of nitrogens with one attached hydrogen (secondary N) is 1. The van der Waals surface area contributed by atoms with E-state index in [0.717, 1.165) is 26.2 Å². The highest BCUT2D eigenvalue weighted by Crippen LogP contribution is 2.00. The van der Waals surface area contributed by atoms with Gasteiger partial charge in [-0.2, -0.15) is 0 Å².